The Hall–Kier alpha value is 1.44. The maximum absolute atomic E-state index is 4.05. The van der Waals surface area contributed by atoms with Gasteiger partial charge < -0.3 is 0 Å². The molecule has 0 aliphatic carbocycles. The lowest BCUT2D eigenvalue weighted by molar-refractivity contribution is 1.51. The largest absolute Gasteiger partial charge is 0.232 e. The summed E-state index contributed by atoms with van der Waals surface area (Å²) >= 11 is 3.16. The molecule has 0 atom stereocenters. The van der Waals surface area contributed by atoms with Gasteiger partial charge in [-0.3, -0.25) is 0 Å². The molecule has 8 heteroatoms. The Balaban J connectivity index is -0.000000202. The van der Waals surface area contributed by atoms with E-state index in [-0.39, 0.29) is 67.9 Å². The molecule has 2 rings (SSSR count). The van der Waals surface area contributed by atoms with Crippen LogP contribution in [0.2, 0.25) is 0 Å². The molecule has 0 aliphatic heterocycles. The van der Waals surface area contributed by atoms with E-state index in [1.165, 1.54) is 0 Å². The van der Waals surface area contributed by atoms with Crippen LogP contribution in [-0.2, 0) is 0 Å². The van der Waals surface area contributed by atoms with Crippen LogP contribution in [0.1, 0.15) is 0 Å². The van der Waals surface area contributed by atoms with E-state index in [1.54, 1.807) is 22.7 Å². The van der Waals surface area contributed by atoms with E-state index in [1.807, 2.05) is 11.0 Å². The van der Waals surface area contributed by atoms with Crippen molar-refractivity contribution in [2.75, 3.05) is 0 Å². The van der Waals surface area contributed by atoms with E-state index in [2.05, 4.69) is 9.97 Å². The summed E-state index contributed by atoms with van der Waals surface area (Å²) in [6.45, 7) is 0. The number of hydrogen-bond donors (Lipinski definition) is 0. The third kappa shape index (κ3) is 4.10. The van der Waals surface area contributed by atoms with Crippen LogP contribution in [0.5, 0.6) is 0 Å². The highest BCUT2D eigenvalue weighted by atomic mass is 79.9. The van der Waals surface area contributed by atoms with Crippen molar-refractivity contribution >= 4 is 100 Å². The van der Waals surface area contributed by atoms with Crippen LogP contribution in [0, 0.1) is 0 Å². The summed E-state index contributed by atoms with van der Waals surface area (Å²) in [5.41, 5.74) is 3.63. The first-order valence-electron chi connectivity index (χ1n) is 2.09. The second-order valence-electron chi connectivity index (χ2n) is 1.32. The van der Waals surface area contributed by atoms with Gasteiger partial charge in [-0.05, 0) is 0 Å². The topological polar surface area (TPSA) is 25.8 Å². The van der Waals surface area contributed by atoms with Crippen LogP contribution in [0.4, 0.5) is 0 Å². The lowest BCUT2D eigenvalue weighted by atomic mass is 10.9. The lowest BCUT2D eigenvalue weighted by Gasteiger charge is -1.60. The highest BCUT2D eigenvalue weighted by molar-refractivity contribution is 8.93. The van der Waals surface area contributed by atoms with E-state index < -0.39 is 0 Å². The Morgan fingerprint density at radius 2 is 1.08 bits per heavy atom. The minimum Gasteiger partial charge on any atom is -0.232 e. The molecule has 2 aromatic rings. The van der Waals surface area contributed by atoms with Crippen molar-refractivity contribution < 1.29 is 0 Å². The predicted molar refractivity (Wildman–Crippen MR) is 76.6 cm³/mol. The van der Waals surface area contributed by atoms with Crippen LogP contribution in [0.15, 0.2) is 11.0 Å². The number of fused-ring (bicyclic) bond motifs is 1. The summed E-state index contributed by atoms with van der Waals surface area (Å²) in [7, 11) is 0. The highest BCUT2D eigenvalue weighted by Gasteiger charge is 1.94. The number of hydrogen-bond acceptors (Lipinski definition) is 4. The fourth-order valence-corrected chi connectivity index (χ4v) is 1.99. The summed E-state index contributed by atoms with van der Waals surface area (Å²) in [4.78, 5) is 10.2. The minimum absolute atomic E-state index is 0. The standard InChI is InChI=1S/C4H2N2S2.4BrH/c1-5-3-4(7-1)6-2-8-3;;;;/h1-2H;4*1H. The highest BCUT2D eigenvalue weighted by Crippen LogP contribution is 2.18. The van der Waals surface area contributed by atoms with Crippen molar-refractivity contribution in [2.45, 2.75) is 0 Å². The Bertz CT molecular complexity index is 244. The van der Waals surface area contributed by atoms with Gasteiger partial charge in [0.15, 0.2) is 9.66 Å². The van der Waals surface area contributed by atoms with E-state index in [0.29, 0.717) is 0 Å². The van der Waals surface area contributed by atoms with Gasteiger partial charge in [0.25, 0.3) is 0 Å². The van der Waals surface area contributed by atoms with E-state index >= 15 is 0 Å². The quantitative estimate of drug-likeness (QED) is 0.586. The van der Waals surface area contributed by atoms with Gasteiger partial charge in [0.2, 0.25) is 0 Å². The van der Waals surface area contributed by atoms with E-state index in [9.17, 15) is 0 Å². The average Bonchev–Trinajstić information content (AvgIpc) is 2.15. The van der Waals surface area contributed by atoms with Crippen molar-refractivity contribution in [2.24, 2.45) is 0 Å². The monoisotopic (exact) mass is 462 g/mol. The molecule has 2 heterocycles. The van der Waals surface area contributed by atoms with E-state index in [0.717, 1.165) is 9.66 Å². The average molecular weight is 466 g/mol. The van der Waals surface area contributed by atoms with Gasteiger partial charge in [-0.25, -0.2) is 9.97 Å². The molecule has 0 saturated carbocycles. The van der Waals surface area contributed by atoms with Gasteiger partial charge in [0.05, 0.1) is 11.0 Å². The van der Waals surface area contributed by atoms with Crippen molar-refractivity contribution in [1.82, 2.24) is 9.97 Å². The van der Waals surface area contributed by atoms with Gasteiger partial charge >= 0.3 is 0 Å². The van der Waals surface area contributed by atoms with Crippen molar-refractivity contribution in [3.8, 4) is 0 Å². The first kappa shape index (κ1) is 19.1. The predicted octanol–water partition coefficient (Wildman–Crippen LogP) is 4.06. The molecule has 2 aromatic heterocycles. The van der Waals surface area contributed by atoms with Gasteiger partial charge in [-0.1, -0.05) is 0 Å². The van der Waals surface area contributed by atoms with Crippen molar-refractivity contribution in [3.63, 3.8) is 0 Å². The number of rotatable bonds is 0. The molecule has 0 aromatic carbocycles. The number of thiazole rings is 2. The molecule has 2 nitrogen and oxygen atoms in total. The van der Waals surface area contributed by atoms with Crippen LogP contribution in [-0.4, -0.2) is 9.97 Å². The molecule has 0 fully saturated rings. The number of halogens is 4. The first-order chi connectivity index (χ1) is 3.97. The van der Waals surface area contributed by atoms with Crippen LogP contribution >= 0.6 is 90.6 Å². The Kier molecular flexibility index (Phi) is 14.3. The molecule has 0 amide bonds. The normalized spacial score (nSPS) is 7.00. The third-order valence-electron chi connectivity index (χ3n) is 0.852. The molecular formula is C4H6Br4N2S2. The molecule has 0 spiro atoms. The van der Waals surface area contributed by atoms with Crippen LogP contribution < -0.4 is 0 Å². The Morgan fingerprint density at radius 1 is 0.750 bits per heavy atom. The number of aromatic nitrogens is 2. The SMILES string of the molecule is Br.Br.Br.Br.c1nc2scnc2s1. The fourth-order valence-electron chi connectivity index (χ4n) is 0.520. The van der Waals surface area contributed by atoms with Crippen LogP contribution in [0.3, 0.4) is 0 Å². The molecule has 0 radical (unpaired) electrons. The van der Waals surface area contributed by atoms with E-state index in [4.69, 9.17) is 0 Å². The molecule has 0 bridgehead atoms. The Labute approximate surface area is 120 Å². The molecule has 12 heavy (non-hydrogen) atoms. The maximum Gasteiger partial charge on any atom is 0.154 e. The van der Waals surface area contributed by atoms with Gasteiger partial charge in [0.1, 0.15) is 0 Å². The molecular weight excluding hydrogens is 460 g/mol. The Morgan fingerprint density at radius 3 is 1.42 bits per heavy atom. The summed E-state index contributed by atoms with van der Waals surface area (Å²) in [6.07, 6.45) is 0. The summed E-state index contributed by atoms with van der Waals surface area (Å²) in [6, 6.07) is 0. The van der Waals surface area contributed by atoms with Gasteiger partial charge in [-0.2, -0.15) is 0 Å². The summed E-state index contributed by atoms with van der Waals surface area (Å²) in [5.74, 6) is 0. The smallest absolute Gasteiger partial charge is 0.154 e. The molecule has 0 aliphatic rings. The van der Waals surface area contributed by atoms with Gasteiger partial charge in [-0.15, -0.1) is 90.6 Å². The number of nitrogens with zero attached hydrogens (tertiary/aromatic N) is 2. The fraction of sp³-hybridized carbons (Fsp3) is 0. The third-order valence-corrected chi connectivity index (χ3v) is 2.45. The minimum atomic E-state index is 0. The maximum atomic E-state index is 4.05. The zero-order chi connectivity index (χ0) is 5.40. The first-order valence-corrected chi connectivity index (χ1v) is 3.85. The lowest BCUT2D eigenvalue weighted by Crippen LogP contribution is -1.49. The molecule has 0 saturated heterocycles. The summed E-state index contributed by atoms with van der Waals surface area (Å²) in [5, 5.41) is 0. The van der Waals surface area contributed by atoms with Crippen molar-refractivity contribution in [1.29, 1.82) is 0 Å². The second kappa shape index (κ2) is 9.01. The molecule has 0 unspecified atom stereocenters. The summed E-state index contributed by atoms with van der Waals surface area (Å²) < 4.78 is 0. The molecule has 0 N–H and O–H groups in total. The van der Waals surface area contributed by atoms with Crippen LogP contribution in [0.25, 0.3) is 9.66 Å². The van der Waals surface area contributed by atoms with Gasteiger partial charge in [0, 0.05) is 0 Å². The zero-order valence-electron chi connectivity index (χ0n) is 5.50. The molecule has 72 valence electrons. The second-order valence-corrected chi connectivity index (χ2v) is 2.98. The van der Waals surface area contributed by atoms with Crippen molar-refractivity contribution in [3.05, 3.63) is 11.0 Å². The zero-order valence-corrected chi connectivity index (χ0v) is 14.0.